The predicted molar refractivity (Wildman–Crippen MR) is 64.7 cm³/mol. The van der Waals surface area contributed by atoms with Crippen LogP contribution in [-0.4, -0.2) is 52.9 Å². The molecule has 0 N–H and O–H groups in total. The minimum atomic E-state index is 0.0738. The van der Waals surface area contributed by atoms with Crippen molar-refractivity contribution in [1.82, 2.24) is 14.8 Å². The first-order valence-electron chi connectivity index (χ1n) is 5.60. The fraction of sp³-hybridized carbons (Fsp3) is 0.636. The quantitative estimate of drug-likeness (QED) is 0.781. The Balaban J connectivity index is 1.92. The van der Waals surface area contributed by atoms with E-state index >= 15 is 0 Å². The maximum absolute atomic E-state index is 12.0. The van der Waals surface area contributed by atoms with Gasteiger partial charge in [-0.25, -0.2) is 4.98 Å². The monoisotopic (exact) mass is 239 g/mol. The Hall–Kier alpha value is -0.940. The molecule has 0 spiro atoms. The Morgan fingerprint density at radius 2 is 2.06 bits per heavy atom. The number of aromatic nitrogens is 1. The molecule has 2 heterocycles. The number of hydrogen-bond donors (Lipinski definition) is 0. The second-order valence-corrected chi connectivity index (χ2v) is 5.01. The van der Waals surface area contributed by atoms with E-state index in [9.17, 15) is 4.79 Å². The number of amides is 1. The molecule has 1 amide bonds. The number of thiazole rings is 1. The number of piperazine rings is 1. The minimum Gasteiger partial charge on any atom is -0.335 e. The van der Waals surface area contributed by atoms with Gasteiger partial charge in [0.2, 0.25) is 0 Å². The fourth-order valence-electron chi connectivity index (χ4n) is 1.92. The first kappa shape index (κ1) is 11.5. The van der Waals surface area contributed by atoms with Gasteiger partial charge in [-0.1, -0.05) is 0 Å². The third kappa shape index (κ3) is 2.41. The van der Waals surface area contributed by atoms with E-state index in [2.05, 4.69) is 23.7 Å². The van der Waals surface area contributed by atoms with Crippen LogP contribution in [0.2, 0.25) is 0 Å². The van der Waals surface area contributed by atoms with Crippen LogP contribution < -0.4 is 0 Å². The van der Waals surface area contributed by atoms with Crippen molar-refractivity contribution in [3.05, 3.63) is 16.6 Å². The van der Waals surface area contributed by atoms with E-state index < -0.39 is 0 Å². The molecule has 1 saturated heterocycles. The zero-order valence-electron chi connectivity index (χ0n) is 9.72. The first-order chi connectivity index (χ1) is 7.68. The van der Waals surface area contributed by atoms with Crippen LogP contribution in [-0.2, 0) is 0 Å². The molecule has 0 radical (unpaired) electrons. The van der Waals surface area contributed by atoms with Gasteiger partial charge in [0.25, 0.3) is 5.91 Å². The molecule has 1 aromatic heterocycles. The zero-order chi connectivity index (χ0) is 11.5. The molecule has 0 unspecified atom stereocenters. The molecule has 5 heteroatoms. The van der Waals surface area contributed by atoms with Gasteiger partial charge in [-0.3, -0.25) is 9.69 Å². The van der Waals surface area contributed by atoms with E-state index in [1.165, 1.54) is 11.3 Å². The number of carbonyl (C=O) groups excluding carboxylic acids is 1. The molecule has 0 aliphatic carbocycles. The summed E-state index contributed by atoms with van der Waals surface area (Å²) in [6, 6.07) is 0.566. The molecule has 16 heavy (non-hydrogen) atoms. The normalized spacial score (nSPS) is 18.1. The number of rotatable bonds is 2. The van der Waals surface area contributed by atoms with Crippen LogP contribution >= 0.6 is 11.3 Å². The highest BCUT2D eigenvalue weighted by molar-refractivity contribution is 7.07. The molecule has 0 bridgehead atoms. The summed E-state index contributed by atoms with van der Waals surface area (Å²) in [4.78, 5) is 20.3. The van der Waals surface area contributed by atoms with Gasteiger partial charge in [0.15, 0.2) is 0 Å². The number of carbonyl (C=O) groups is 1. The summed E-state index contributed by atoms with van der Waals surface area (Å²) in [5, 5.41) is 1.82. The highest BCUT2D eigenvalue weighted by Gasteiger charge is 2.23. The van der Waals surface area contributed by atoms with Crippen LogP contribution in [0.3, 0.4) is 0 Å². The van der Waals surface area contributed by atoms with Gasteiger partial charge in [0.1, 0.15) is 5.69 Å². The van der Waals surface area contributed by atoms with Crippen molar-refractivity contribution in [1.29, 1.82) is 0 Å². The van der Waals surface area contributed by atoms with E-state index in [4.69, 9.17) is 0 Å². The molecule has 1 aromatic rings. The van der Waals surface area contributed by atoms with Crippen LogP contribution in [0, 0.1) is 0 Å². The average Bonchev–Trinajstić information content (AvgIpc) is 2.81. The smallest absolute Gasteiger partial charge is 0.273 e. The van der Waals surface area contributed by atoms with E-state index in [0.717, 1.165) is 26.2 Å². The second-order valence-electron chi connectivity index (χ2n) is 4.30. The standard InChI is InChI=1S/C11H17N3OS/c1-9(2)13-3-5-14(6-4-13)11(15)10-7-16-8-12-10/h7-9H,3-6H2,1-2H3. The fourth-order valence-corrected chi connectivity index (χ4v) is 2.45. The van der Waals surface area contributed by atoms with Gasteiger partial charge in [-0.2, -0.15) is 0 Å². The van der Waals surface area contributed by atoms with E-state index in [-0.39, 0.29) is 5.91 Å². The number of nitrogens with zero attached hydrogens (tertiary/aromatic N) is 3. The third-order valence-corrected chi connectivity index (χ3v) is 3.57. The SMILES string of the molecule is CC(C)N1CCN(C(=O)c2cscn2)CC1. The van der Waals surface area contributed by atoms with Crippen LogP contribution in [0.25, 0.3) is 0 Å². The Morgan fingerprint density at radius 1 is 1.38 bits per heavy atom. The maximum Gasteiger partial charge on any atom is 0.273 e. The van der Waals surface area contributed by atoms with Crippen molar-refractivity contribution in [2.45, 2.75) is 19.9 Å². The number of hydrogen-bond acceptors (Lipinski definition) is 4. The van der Waals surface area contributed by atoms with E-state index in [1.807, 2.05) is 10.3 Å². The third-order valence-electron chi connectivity index (χ3n) is 2.98. The summed E-state index contributed by atoms with van der Waals surface area (Å²) in [6.07, 6.45) is 0. The van der Waals surface area contributed by atoms with Gasteiger partial charge < -0.3 is 4.90 Å². The molecule has 0 atom stereocenters. The lowest BCUT2D eigenvalue weighted by atomic mass is 10.2. The summed E-state index contributed by atoms with van der Waals surface area (Å²) < 4.78 is 0. The van der Waals surface area contributed by atoms with Crippen molar-refractivity contribution in [2.24, 2.45) is 0 Å². The Morgan fingerprint density at radius 3 is 2.56 bits per heavy atom. The van der Waals surface area contributed by atoms with Crippen molar-refractivity contribution < 1.29 is 4.79 Å². The molecule has 1 fully saturated rings. The van der Waals surface area contributed by atoms with Crippen LogP contribution in [0.4, 0.5) is 0 Å². The molecule has 1 aliphatic rings. The summed E-state index contributed by atoms with van der Waals surface area (Å²) in [5.74, 6) is 0.0738. The molecule has 0 aromatic carbocycles. The van der Waals surface area contributed by atoms with Gasteiger partial charge in [-0.05, 0) is 13.8 Å². The van der Waals surface area contributed by atoms with Gasteiger partial charge in [0.05, 0.1) is 5.51 Å². The minimum absolute atomic E-state index is 0.0738. The molecule has 2 rings (SSSR count). The molecule has 0 saturated carbocycles. The molecule has 1 aliphatic heterocycles. The Labute approximate surface area is 99.9 Å². The summed E-state index contributed by atoms with van der Waals surface area (Å²) in [7, 11) is 0. The molecular formula is C11H17N3OS. The van der Waals surface area contributed by atoms with Crippen LogP contribution in [0.15, 0.2) is 10.9 Å². The van der Waals surface area contributed by atoms with Crippen molar-refractivity contribution in [3.63, 3.8) is 0 Å². The summed E-state index contributed by atoms with van der Waals surface area (Å²) in [5.41, 5.74) is 2.29. The highest BCUT2D eigenvalue weighted by atomic mass is 32.1. The molecular weight excluding hydrogens is 222 g/mol. The topological polar surface area (TPSA) is 36.4 Å². The van der Waals surface area contributed by atoms with Gasteiger partial charge in [-0.15, -0.1) is 11.3 Å². The van der Waals surface area contributed by atoms with Gasteiger partial charge >= 0.3 is 0 Å². The summed E-state index contributed by atoms with van der Waals surface area (Å²) >= 11 is 1.47. The predicted octanol–water partition coefficient (Wildman–Crippen LogP) is 1.31. The second kappa shape index (κ2) is 4.93. The highest BCUT2D eigenvalue weighted by Crippen LogP contribution is 2.10. The summed E-state index contributed by atoms with van der Waals surface area (Å²) in [6.45, 7) is 7.94. The lowest BCUT2D eigenvalue weighted by Crippen LogP contribution is -2.50. The van der Waals surface area contributed by atoms with Gasteiger partial charge in [0, 0.05) is 37.6 Å². The lowest BCUT2D eigenvalue weighted by molar-refractivity contribution is 0.0591. The lowest BCUT2D eigenvalue weighted by Gasteiger charge is -2.36. The van der Waals surface area contributed by atoms with Crippen LogP contribution in [0.1, 0.15) is 24.3 Å². The van der Waals surface area contributed by atoms with E-state index in [0.29, 0.717) is 11.7 Å². The van der Waals surface area contributed by atoms with E-state index in [1.54, 1.807) is 5.51 Å². The van der Waals surface area contributed by atoms with Crippen LogP contribution in [0.5, 0.6) is 0 Å². The Kier molecular flexibility index (Phi) is 3.56. The largest absolute Gasteiger partial charge is 0.335 e. The first-order valence-corrected chi connectivity index (χ1v) is 6.54. The average molecular weight is 239 g/mol. The zero-order valence-corrected chi connectivity index (χ0v) is 10.5. The van der Waals surface area contributed by atoms with Crippen molar-refractivity contribution >= 4 is 17.2 Å². The molecule has 88 valence electrons. The molecule has 4 nitrogen and oxygen atoms in total. The maximum atomic E-state index is 12.0. The van der Waals surface area contributed by atoms with Crippen molar-refractivity contribution in [2.75, 3.05) is 26.2 Å². The Bertz CT molecular complexity index is 342. The van der Waals surface area contributed by atoms with Crippen molar-refractivity contribution in [3.8, 4) is 0 Å².